The molecule has 7 heteroatoms. The maximum atomic E-state index is 12.2. The Bertz CT molecular complexity index is 575. The van der Waals surface area contributed by atoms with Crippen molar-refractivity contribution in [1.82, 2.24) is 10.2 Å². The monoisotopic (exact) mass is 319 g/mol. The zero-order valence-electron chi connectivity index (χ0n) is 12.9. The summed E-state index contributed by atoms with van der Waals surface area (Å²) in [5.41, 5.74) is 0.832. The van der Waals surface area contributed by atoms with Crippen LogP contribution in [0.4, 0.5) is 4.79 Å². The number of amides is 2. The predicted molar refractivity (Wildman–Crippen MR) is 79.0 cm³/mol. The van der Waals surface area contributed by atoms with Gasteiger partial charge in [0, 0.05) is 6.54 Å². The fraction of sp³-hybridized carbons (Fsp3) is 0.438. The fourth-order valence-corrected chi connectivity index (χ4v) is 2.53. The van der Waals surface area contributed by atoms with Gasteiger partial charge < -0.3 is 24.9 Å². The summed E-state index contributed by atoms with van der Waals surface area (Å²) in [6.45, 7) is 1.94. The van der Waals surface area contributed by atoms with Crippen LogP contribution in [0.25, 0.3) is 0 Å². The number of ether oxygens (including phenoxy) is 1. The van der Waals surface area contributed by atoms with Crippen molar-refractivity contribution in [2.24, 2.45) is 0 Å². The van der Waals surface area contributed by atoms with Gasteiger partial charge in [-0.3, -0.25) is 4.79 Å². The molecule has 2 amide bonds. The summed E-state index contributed by atoms with van der Waals surface area (Å²) in [6, 6.07) is 7.36. The summed E-state index contributed by atoms with van der Waals surface area (Å²) in [4.78, 5) is 36.2. The maximum Gasteiger partial charge on any atom is 0.408 e. The van der Waals surface area contributed by atoms with Crippen LogP contribution in [-0.4, -0.2) is 41.5 Å². The molecule has 124 valence electrons. The van der Waals surface area contributed by atoms with E-state index in [0.29, 0.717) is 19.4 Å². The molecule has 1 saturated heterocycles. The highest BCUT2D eigenvalue weighted by Gasteiger charge is 2.32. The summed E-state index contributed by atoms with van der Waals surface area (Å²) in [6.07, 6.45) is 0.258. The Morgan fingerprint density at radius 2 is 2.04 bits per heavy atom. The molecule has 0 unspecified atom stereocenters. The van der Waals surface area contributed by atoms with Crippen LogP contribution in [0.15, 0.2) is 30.3 Å². The first kappa shape index (κ1) is 16.8. The standard InChI is InChI=1S/C16H20N2O5/c1-11(14(19)18-9-5-8-13(18)15(20)21)17-16(22)23-10-12-6-3-2-4-7-12/h2-4,6-7,11,13H,5,8-10H2,1H3,(H,17,22)(H,20,21)/p-1/t11-,13+/m0/s1. The molecule has 0 aliphatic carbocycles. The number of carboxylic acids is 1. The summed E-state index contributed by atoms with van der Waals surface area (Å²) in [5.74, 6) is -1.72. The van der Waals surface area contributed by atoms with E-state index in [1.807, 2.05) is 30.3 Å². The number of carbonyl (C=O) groups is 3. The minimum absolute atomic E-state index is 0.0962. The Balaban J connectivity index is 1.83. The largest absolute Gasteiger partial charge is 0.548 e. The lowest BCUT2D eigenvalue weighted by Gasteiger charge is -2.28. The number of carbonyl (C=O) groups excluding carboxylic acids is 3. The second-order valence-electron chi connectivity index (χ2n) is 5.44. The molecular weight excluding hydrogens is 300 g/mol. The van der Waals surface area contributed by atoms with Gasteiger partial charge in [-0.2, -0.15) is 0 Å². The van der Waals surface area contributed by atoms with Crippen LogP contribution in [-0.2, 0) is 20.9 Å². The Hall–Kier alpha value is -2.57. The molecule has 1 aliphatic heterocycles. The number of hydrogen-bond acceptors (Lipinski definition) is 5. The van der Waals surface area contributed by atoms with E-state index in [1.165, 1.54) is 11.8 Å². The smallest absolute Gasteiger partial charge is 0.408 e. The third-order valence-corrected chi connectivity index (χ3v) is 3.73. The molecule has 0 saturated carbocycles. The third kappa shape index (κ3) is 4.45. The van der Waals surface area contributed by atoms with Crippen molar-refractivity contribution in [2.45, 2.75) is 38.5 Å². The van der Waals surface area contributed by atoms with Crippen LogP contribution in [0, 0.1) is 0 Å². The first-order chi connectivity index (χ1) is 11.0. The van der Waals surface area contributed by atoms with Gasteiger partial charge >= 0.3 is 6.09 Å². The molecule has 0 bridgehead atoms. The Kier molecular flexibility index (Phi) is 5.56. The van der Waals surface area contributed by atoms with Gasteiger partial charge in [-0.15, -0.1) is 0 Å². The van der Waals surface area contributed by atoms with Crippen LogP contribution in [0.5, 0.6) is 0 Å². The fourth-order valence-electron chi connectivity index (χ4n) is 2.53. The summed E-state index contributed by atoms with van der Waals surface area (Å²) >= 11 is 0. The van der Waals surface area contributed by atoms with E-state index >= 15 is 0 Å². The topological polar surface area (TPSA) is 98.8 Å². The van der Waals surface area contributed by atoms with Gasteiger partial charge in [0.05, 0.1) is 12.0 Å². The van der Waals surface area contributed by atoms with Crippen molar-refractivity contribution < 1.29 is 24.2 Å². The number of aliphatic carboxylic acids is 1. The lowest BCUT2D eigenvalue weighted by atomic mass is 10.2. The van der Waals surface area contributed by atoms with Gasteiger partial charge in [0.25, 0.3) is 0 Å². The molecule has 1 aliphatic rings. The van der Waals surface area contributed by atoms with Crippen molar-refractivity contribution in [3.63, 3.8) is 0 Å². The minimum Gasteiger partial charge on any atom is -0.548 e. The van der Waals surface area contributed by atoms with Gasteiger partial charge in [0.1, 0.15) is 12.6 Å². The molecular formula is C16H19N2O5-. The number of rotatable bonds is 5. The third-order valence-electron chi connectivity index (χ3n) is 3.73. The normalized spacial score (nSPS) is 18.3. The van der Waals surface area contributed by atoms with Crippen LogP contribution in [0.1, 0.15) is 25.3 Å². The molecule has 0 radical (unpaired) electrons. The van der Waals surface area contributed by atoms with Crippen LogP contribution in [0.3, 0.4) is 0 Å². The average Bonchev–Trinajstić information content (AvgIpc) is 3.03. The van der Waals surface area contributed by atoms with E-state index in [-0.39, 0.29) is 6.61 Å². The van der Waals surface area contributed by atoms with Crippen LogP contribution in [0.2, 0.25) is 0 Å². The number of benzene rings is 1. The van der Waals surface area contributed by atoms with Crippen molar-refractivity contribution in [3.8, 4) is 0 Å². The molecule has 0 spiro atoms. The molecule has 1 heterocycles. The predicted octanol–water partition coefficient (Wildman–Crippen LogP) is 0.0422. The van der Waals surface area contributed by atoms with Crippen LogP contribution >= 0.6 is 0 Å². The number of nitrogens with one attached hydrogen (secondary N) is 1. The number of carboxylic acid groups (broad SMARTS) is 1. The highest BCUT2D eigenvalue weighted by atomic mass is 16.5. The molecule has 2 rings (SSSR count). The molecule has 1 N–H and O–H groups in total. The van der Waals surface area contributed by atoms with E-state index in [9.17, 15) is 19.5 Å². The molecule has 1 fully saturated rings. The minimum atomic E-state index is -1.27. The SMILES string of the molecule is C[C@H](NC(=O)OCc1ccccc1)C(=O)N1CCC[C@@H]1C(=O)[O-]. The van der Waals surface area contributed by atoms with E-state index in [0.717, 1.165) is 5.56 Å². The molecule has 1 aromatic carbocycles. The molecule has 0 aromatic heterocycles. The average molecular weight is 319 g/mol. The van der Waals surface area contributed by atoms with E-state index in [4.69, 9.17) is 4.74 Å². The lowest BCUT2D eigenvalue weighted by Crippen LogP contribution is -2.53. The van der Waals surface area contributed by atoms with Crippen molar-refractivity contribution in [1.29, 1.82) is 0 Å². The highest BCUT2D eigenvalue weighted by Crippen LogP contribution is 2.17. The second kappa shape index (κ2) is 7.62. The zero-order chi connectivity index (χ0) is 16.8. The van der Waals surface area contributed by atoms with Gasteiger partial charge in [0.2, 0.25) is 5.91 Å². The van der Waals surface area contributed by atoms with Gasteiger partial charge in [-0.05, 0) is 25.3 Å². The van der Waals surface area contributed by atoms with Gasteiger partial charge in [-0.1, -0.05) is 30.3 Å². The second-order valence-corrected chi connectivity index (χ2v) is 5.44. The first-order valence-corrected chi connectivity index (χ1v) is 7.47. The number of likely N-dealkylation sites (tertiary alicyclic amines) is 1. The van der Waals surface area contributed by atoms with Crippen LogP contribution < -0.4 is 10.4 Å². The molecule has 1 aromatic rings. The van der Waals surface area contributed by atoms with E-state index in [1.54, 1.807) is 0 Å². The molecule has 23 heavy (non-hydrogen) atoms. The van der Waals surface area contributed by atoms with Gasteiger partial charge in [0.15, 0.2) is 0 Å². The Labute approximate surface area is 134 Å². The quantitative estimate of drug-likeness (QED) is 0.826. The number of nitrogens with zero attached hydrogens (tertiary/aromatic N) is 1. The number of hydrogen-bond donors (Lipinski definition) is 1. The molecule has 7 nitrogen and oxygen atoms in total. The first-order valence-electron chi connectivity index (χ1n) is 7.47. The summed E-state index contributed by atoms with van der Waals surface area (Å²) in [5, 5.41) is 13.4. The highest BCUT2D eigenvalue weighted by molar-refractivity contribution is 5.89. The Morgan fingerprint density at radius 1 is 1.35 bits per heavy atom. The summed E-state index contributed by atoms with van der Waals surface area (Å²) < 4.78 is 5.04. The van der Waals surface area contributed by atoms with E-state index in [2.05, 4.69) is 5.32 Å². The lowest BCUT2D eigenvalue weighted by molar-refractivity contribution is -0.310. The zero-order valence-corrected chi connectivity index (χ0v) is 12.9. The van der Waals surface area contributed by atoms with Crippen molar-refractivity contribution in [3.05, 3.63) is 35.9 Å². The van der Waals surface area contributed by atoms with Gasteiger partial charge in [-0.25, -0.2) is 4.79 Å². The Morgan fingerprint density at radius 3 is 2.70 bits per heavy atom. The molecule has 2 atom stereocenters. The van der Waals surface area contributed by atoms with E-state index < -0.39 is 30.1 Å². The van der Waals surface area contributed by atoms with Crippen molar-refractivity contribution in [2.75, 3.05) is 6.54 Å². The maximum absolute atomic E-state index is 12.2. The summed E-state index contributed by atoms with van der Waals surface area (Å²) in [7, 11) is 0. The van der Waals surface area contributed by atoms with Crippen molar-refractivity contribution >= 4 is 18.0 Å². The number of alkyl carbamates (subject to hydrolysis) is 1.